The summed E-state index contributed by atoms with van der Waals surface area (Å²) in [7, 11) is 1.33. The highest BCUT2D eigenvalue weighted by Crippen LogP contribution is 2.42. The maximum Gasteiger partial charge on any atom is 0.201 e. The number of hydrogen-bond acceptors (Lipinski definition) is 1. The van der Waals surface area contributed by atoms with Crippen LogP contribution in [-0.4, -0.2) is 7.11 Å². The molecule has 2 saturated carbocycles. The lowest BCUT2D eigenvalue weighted by molar-refractivity contribution is 0.153. The van der Waals surface area contributed by atoms with Gasteiger partial charge in [0.25, 0.3) is 0 Å². The van der Waals surface area contributed by atoms with E-state index in [9.17, 15) is 8.78 Å². The van der Waals surface area contributed by atoms with Crippen molar-refractivity contribution in [3.8, 4) is 17.6 Å². The van der Waals surface area contributed by atoms with Crippen molar-refractivity contribution in [3.05, 3.63) is 29.3 Å². The summed E-state index contributed by atoms with van der Waals surface area (Å²) in [6, 6.07) is 2.95. The highest BCUT2D eigenvalue weighted by molar-refractivity contribution is 5.41. The second kappa shape index (κ2) is 10.3. The molecule has 0 aliphatic heterocycles. The van der Waals surface area contributed by atoms with Crippen molar-refractivity contribution >= 4 is 0 Å². The molecule has 0 heterocycles. The summed E-state index contributed by atoms with van der Waals surface area (Å²) in [4.78, 5) is 0. The van der Waals surface area contributed by atoms with E-state index in [4.69, 9.17) is 4.74 Å². The molecule has 0 radical (unpaired) electrons. The van der Waals surface area contributed by atoms with Crippen LogP contribution in [0.2, 0.25) is 0 Å². The zero-order valence-corrected chi connectivity index (χ0v) is 17.4. The number of ether oxygens (including phenoxy) is 1. The van der Waals surface area contributed by atoms with Crippen molar-refractivity contribution in [2.24, 2.45) is 23.7 Å². The second-order valence-corrected chi connectivity index (χ2v) is 8.75. The standard InChI is InChI=1S/C25H34F2O/c1-3-4-5-18-6-11-20(12-7-18)21-13-8-19(9-14-21)10-15-22-16-17-23(28-2)25(27)24(22)26/h16-21H,3-9,11-14H2,1-2H3. The Morgan fingerprint density at radius 2 is 1.57 bits per heavy atom. The molecule has 0 unspecified atom stereocenters. The van der Waals surface area contributed by atoms with Crippen LogP contribution < -0.4 is 4.74 Å². The minimum absolute atomic E-state index is 0.0760. The van der Waals surface area contributed by atoms with E-state index in [1.54, 1.807) is 0 Å². The molecule has 1 aromatic carbocycles. The third-order valence-electron chi connectivity index (χ3n) is 6.97. The largest absolute Gasteiger partial charge is 0.494 e. The minimum Gasteiger partial charge on any atom is -0.494 e. The highest BCUT2D eigenvalue weighted by atomic mass is 19.2. The summed E-state index contributed by atoms with van der Waals surface area (Å²) in [6.07, 6.45) is 14.5. The van der Waals surface area contributed by atoms with Crippen LogP contribution in [0.4, 0.5) is 8.78 Å². The van der Waals surface area contributed by atoms with Crippen molar-refractivity contribution in [3.63, 3.8) is 0 Å². The first-order valence-corrected chi connectivity index (χ1v) is 11.2. The molecule has 2 aliphatic rings. The first-order chi connectivity index (χ1) is 13.6. The smallest absolute Gasteiger partial charge is 0.201 e. The fourth-order valence-electron chi connectivity index (χ4n) is 5.14. The van der Waals surface area contributed by atoms with E-state index in [1.807, 2.05) is 0 Å². The van der Waals surface area contributed by atoms with E-state index < -0.39 is 11.6 Å². The van der Waals surface area contributed by atoms with Crippen LogP contribution in [-0.2, 0) is 0 Å². The van der Waals surface area contributed by atoms with Gasteiger partial charge in [0.05, 0.1) is 12.7 Å². The fraction of sp³-hybridized carbons (Fsp3) is 0.680. The Balaban J connectivity index is 1.48. The van der Waals surface area contributed by atoms with Crippen molar-refractivity contribution in [2.45, 2.75) is 77.6 Å². The van der Waals surface area contributed by atoms with Gasteiger partial charge in [0.15, 0.2) is 11.6 Å². The maximum atomic E-state index is 14.1. The number of rotatable bonds is 5. The molecule has 154 valence electrons. The SMILES string of the molecule is CCCCC1CCC(C2CCC(C#Cc3ccc(OC)c(F)c3F)CC2)CC1. The summed E-state index contributed by atoms with van der Waals surface area (Å²) in [6.45, 7) is 2.28. The predicted molar refractivity (Wildman–Crippen MR) is 110 cm³/mol. The first-order valence-electron chi connectivity index (χ1n) is 11.2. The van der Waals surface area contributed by atoms with Gasteiger partial charge in [-0.15, -0.1) is 0 Å². The molecule has 2 fully saturated rings. The molecule has 28 heavy (non-hydrogen) atoms. The van der Waals surface area contributed by atoms with Crippen LogP contribution >= 0.6 is 0 Å². The van der Waals surface area contributed by atoms with Gasteiger partial charge in [-0.05, 0) is 68.4 Å². The van der Waals surface area contributed by atoms with Gasteiger partial charge >= 0.3 is 0 Å². The van der Waals surface area contributed by atoms with Crippen LogP contribution in [0.3, 0.4) is 0 Å². The van der Waals surface area contributed by atoms with Crippen LogP contribution in [0, 0.1) is 47.1 Å². The summed E-state index contributed by atoms with van der Waals surface area (Å²) in [5.74, 6) is 7.17. The van der Waals surface area contributed by atoms with Crippen LogP contribution in [0.25, 0.3) is 0 Å². The zero-order chi connectivity index (χ0) is 19.9. The average molecular weight is 389 g/mol. The van der Waals surface area contributed by atoms with Crippen LogP contribution in [0.15, 0.2) is 12.1 Å². The summed E-state index contributed by atoms with van der Waals surface area (Å²) in [5, 5.41) is 0. The van der Waals surface area contributed by atoms with E-state index in [-0.39, 0.29) is 11.3 Å². The molecule has 0 atom stereocenters. The van der Waals surface area contributed by atoms with Crippen molar-refractivity contribution in [1.82, 2.24) is 0 Å². The van der Waals surface area contributed by atoms with Gasteiger partial charge in [-0.25, -0.2) is 4.39 Å². The van der Waals surface area contributed by atoms with Gasteiger partial charge < -0.3 is 4.74 Å². The maximum absolute atomic E-state index is 14.1. The monoisotopic (exact) mass is 388 g/mol. The van der Waals surface area contributed by atoms with Gasteiger partial charge in [-0.2, -0.15) is 4.39 Å². The Morgan fingerprint density at radius 1 is 0.929 bits per heavy atom. The quantitative estimate of drug-likeness (QED) is 0.488. The van der Waals surface area contributed by atoms with E-state index in [0.29, 0.717) is 5.92 Å². The number of halogens is 2. The average Bonchev–Trinajstić information content (AvgIpc) is 2.74. The molecule has 0 bridgehead atoms. The topological polar surface area (TPSA) is 9.23 Å². The molecule has 3 rings (SSSR count). The molecule has 1 nitrogen and oxygen atoms in total. The molecular weight excluding hydrogens is 354 g/mol. The van der Waals surface area contributed by atoms with E-state index in [0.717, 1.165) is 30.6 Å². The van der Waals surface area contributed by atoms with E-state index >= 15 is 0 Å². The van der Waals surface area contributed by atoms with Gasteiger partial charge in [0.1, 0.15) is 0 Å². The molecule has 0 spiro atoms. The van der Waals surface area contributed by atoms with Gasteiger partial charge in [0.2, 0.25) is 5.82 Å². The molecule has 0 N–H and O–H groups in total. The lowest BCUT2D eigenvalue weighted by atomic mass is 9.69. The van der Waals surface area contributed by atoms with Gasteiger partial charge in [-0.1, -0.05) is 50.9 Å². The normalized spacial score (nSPS) is 27.7. The number of hydrogen-bond donors (Lipinski definition) is 0. The molecule has 0 saturated heterocycles. The Labute approximate surface area is 169 Å². The van der Waals surface area contributed by atoms with Crippen molar-refractivity contribution in [2.75, 3.05) is 7.11 Å². The summed E-state index contributed by atoms with van der Waals surface area (Å²) in [5.41, 5.74) is 0.130. The molecule has 1 aromatic rings. The third kappa shape index (κ3) is 5.28. The Morgan fingerprint density at radius 3 is 2.18 bits per heavy atom. The Kier molecular flexibility index (Phi) is 7.77. The number of methoxy groups -OCH3 is 1. The molecule has 0 amide bonds. The fourth-order valence-corrected chi connectivity index (χ4v) is 5.14. The summed E-state index contributed by atoms with van der Waals surface area (Å²) >= 11 is 0. The Bertz CT molecular complexity index is 686. The predicted octanol–water partition coefficient (Wildman–Crippen LogP) is 7.13. The van der Waals surface area contributed by atoms with E-state index in [2.05, 4.69) is 18.8 Å². The van der Waals surface area contributed by atoms with Crippen molar-refractivity contribution in [1.29, 1.82) is 0 Å². The zero-order valence-electron chi connectivity index (χ0n) is 17.4. The van der Waals surface area contributed by atoms with Crippen LogP contribution in [0.5, 0.6) is 5.75 Å². The van der Waals surface area contributed by atoms with E-state index in [1.165, 1.54) is 77.0 Å². The molecule has 3 heteroatoms. The Hall–Kier alpha value is -1.56. The number of benzene rings is 1. The van der Waals surface area contributed by atoms with Crippen LogP contribution in [0.1, 0.15) is 83.1 Å². The second-order valence-electron chi connectivity index (χ2n) is 8.75. The first kappa shape index (κ1) is 21.2. The van der Waals surface area contributed by atoms with Crippen molar-refractivity contribution < 1.29 is 13.5 Å². The highest BCUT2D eigenvalue weighted by Gasteiger charge is 2.30. The molecular formula is C25H34F2O. The van der Waals surface area contributed by atoms with Gasteiger partial charge in [-0.3, -0.25) is 0 Å². The summed E-state index contributed by atoms with van der Waals surface area (Å²) < 4.78 is 32.7. The lowest BCUT2D eigenvalue weighted by Crippen LogP contribution is -2.25. The van der Waals surface area contributed by atoms with Gasteiger partial charge in [0, 0.05) is 5.92 Å². The third-order valence-corrected chi connectivity index (χ3v) is 6.97. The number of unbranched alkanes of at least 4 members (excludes halogenated alkanes) is 1. The molecule has 2 aliphatic carbocycles. The molecule has 0 aromatic heterocycles. The minimum atomic E-state index is -0.951. The lowest BCUT2D eigenvalue weighted by Gasteiger charge is -2.37.